The number of aldehydes is 1. The summed E-state index contributed by atoms with van der Waals surface area (Å²) in [7, 11) is 0. The Morgan fingerprint density at radius 1 is 1.05 bits per heavy atom. The van der Waals surface area contributed by atoms with Gasteiger partial charge in [-0.3, -0.25) is 4.79 Å². The van der Waals surface area contributed by atoms with Crippen molar-refractivity contribution < 1.29 is 4.79 Å². The molecule has 3 nitrogen and oxygen atoms in total. The van der Waals surface area contributed by atoms with E-state index in [9.17, 15) is 4.79 Å². The highest BCUT2D eigenvalue weighted by Crippen LogP contribution is 2.26. The number of hydrogen-bond donors (Lipinski definition) is 0. The van der Waals surface area contributed by atoms with Crippen molar-refractivity contribution in [3.63, 3.8) is 0 Å². The lowest BCUT2D eigenvalue weighted by Gasteiger charge is -2.10. The maximum Gasteiger partial charge on any atom is 0.150 e. The molecule has 3 heteroatoms. The van der Waals surface area contributed by atoms with Crippen molar-refractivity contribution in [3.05, 3.63) is 71.9 Å². The van der Waals surface area contributed by atoms with Gasteiger partial charge in [-0.1, -0.05) is 30.3 Å². The lowest BCUT2D eigenvalue weighted by molar-refractivity contribution is 0.112. The van der Waals surface area contributed by atoms with Crippen LogP contribution in [0.2, 0.25) is 0 Å². The fraction of sp³-hybridized carbons (Fsp3) is 0.0588. The maximum atomic E-state index is 11.0. The Morgan fingerprint density at radius 2 is 1.85 bits per heavy atom. The van der Waals surface area contributed by atoms with Crippen LogP contribution in [0.15, 0.2) is 60.8 Å². The molecule has 0 radical (unpaired) electrons. The van der Waals surface area contributed by atoms with Crippen LogP contribution >= 0.6 is 0 Å². The minimum Gasteiger partial charge on any atom is -0.298 e. The lowest BCUT2D eigenvalue weighted by Crippen LogP contribution is -1.99. The first-order valence-corrected chi connectivity index (χ1v) is 6.45. The molecule has 98 valence electrons. The topological polar surface area (TPSA) is 34.9 Å². The Morgan fingerprint density at radius 3 is 2.60 bits per heavy atom. The van der Waals surface area contributed by atoms with Gasteiger partial charge in [-0.15, -0.1) is 0 Å². The lowest BCUT2D eigenvalue weighted by atomic mass is 10.0. The van der Waals surface area contributed by atoms with Gasteiger partial charge in [0, 0.05) is 11.1 Å². The minimum atomic E-state index is 0.673. The van der Waals surface area contributed by atoms with Crippen LogP contribution < -0.4 is 0 Å². The number of carbonyl (C=O) groups is 1. The molecule has 0 fully saturated rings. The molecule has 0 saturated heterocycles. The quantitative estimate of drug-likeness (QED) is 0.675. The van der Waals surface area contributed by atoms with Crippen molar-refractivity contribution in [2.75, 3.05) is 0 Å². The maximum absolute atomic E-state index is 11.0. The summed E-state index contributed by atoms with van der Waals surface area (Å²) in [6, 6.07) is 17.6. The summed E-state index contributed by atoms with van der Waals surface area (Å²) in [4.78, 5) is 11.0. The van der Waals surface area contributed by atoms with Gasteiger partial charge >= 0.3 is 0 Å². The molecule has 3 aromatic rings. The van der Waals surface area contributed by atoms with Crippen LogP contribution in [0.1, 0.15) is 15.9 Å². The third-order valence-corrected chi connectivity index (χ3v) is 3.32. The monoisotopic (exact) mass is 262 g/mol. The Balaban J connectivity index is 2.17. The molecule has 1 aromatic heterocycles. The average molecular weight is 262 g/mol. The van der Waals surface area contributed by atoms with Gasteiger partial charge in [-0.05, 0) is 36.8 Å². The van der Waals surface area contributed by atoms with Crippen LogP contribution in [0, 0.1) is 6.92 Å². The van der Waals surface area contributed by atoms with E-state index in [1.54, 1.807) is 6.20 Å². The molecular weight excluding hydrogens is 248 g/mol. The SMILES string of the molecule is Cc1ccc(C=O)cc1-c1ccnn1-c1ccccc1. The summed E-state index contributed by atoms with van der Waals surface area (Å²) in [5, 5.41) is 4.39. The predicted molar refractivity (Wildman–Crippen MR) is 79.1 cm³/mol. The first-order chi connectivity index (χ1) is 9.79. The zero-order chi connectivity index (χ0) is 13.9. The number of aromatic nitrogens is 2. The molecule has 0 amide bonds. The molecule has 0 aliphatic rings. The molecule has 0 aliphatic carbocycles. The number of carbonyl (C=O) groups excluding carboxylic acids is 1. The first-order valence-electron chi connectivity index (χ1n) is 6.45. The van der Waals surface area contributed by atoms with Gasteiger partial charge in [-0.25, -0.2) is 4.68 Å². The van der Waals surface area contributed by atoms with E-state index in [2.05, 4.69) is 5.10 Å². The van der Waals surface area contributed by atoms with Gasteiger partial charge in [0.05, 0.1) is 17.6 Å². The van der Waals surface area contributed by atoms with Crippen molar-refractivity contribution >= 4 is 6.29 Å². The van der Waals surface area contributed by atoms with Gasteiger partial charge in [0.25, 0.3) is 0 Å². The van der Waals surface area contributed by atoms with Crippen molar-refractivity contribution in [1.29, 1.82) is 0 Å². The molecule has 0 spiro atoms. The van der Waals surface area contributed by atoms with E-state index in [-0.39, 0.29) is 0 Å². The van der Waals surface area contributed by atoms with E-state index in [0.29, 0.717) is 5.56 Å². The number of nitrogens with zero attached hydrogens (tertiary/aromatic N) is 2. The Kier molecular flexibility index (Phi) is 3.17. The van der Waals surface area contributed by atoms with Gasteiger partial charge in [0.1, 0.15) is 6.29 Å². The van der Waals surface area contributed by atoms with Crippen LogP contribution in [-0.2, 0) is 0 Å². The molecule has 0 atom stereocenters. The number of para-hydroxylation sites is 1. The molecule has 0 N–H and O–H groups in total. The van der Waals surface area contributed by atoms with E-state index in [0.717, 1.165) is 28.8 Å². The van der Waals surface area contributed by atoms with E-state index in [4.69, 9.17) is 0 Å². The summed E-state index contributed by atoms with van der Waals surface area (Å²) >= 11 is 0. The van der Waals surface area contributed by atoms with Gasteiger partial charge < -0.3 is 0 Å². The molecule has 1 heterocycles. The van der Waals surface area contributed by atoms with Gasteiger partial charge in [0.2, 0.25) is 0 Å². The van der Waals surface area contributed by atoms with Crippen LogP contribution in [0.25, 0.3) is 16.9 Å². The molecule has 2 aromatic carbocycles. The zero-order valence-corrected chi connectivity index (χ0v) is 11.2. The third kappa shape index (κ3) is 2.14. The Bertz CT molecular complexity index is 745. The third-order valence-electron chi connectivity index (χ3n) is 3.32. The van der Waals surface area contributed by atoms with Crippen LogP contribution in [0.4, 0.5) is 0 Å². The molecule has 0 saturated carbocycles. The van der Waals surface area contributed by atoms with Gasteiger partial charge in [-0.2, -0.15) is 5.10 Å². The second-order valence-corrected chi connectivity index (χ2v) is 4.66. The van der Waals surface area contributed by atoms with Crippen LogP contribution in [0.3, 0.4) is 0 Å². The summed E-state index contributed by atoms with van der Waals surface area (Å²) in [6.45, 7) is 2.03. The van der Waals surface area contributed by atoms with Crippen LogP contribution in [0.5, 0.6) is 0 Å². The van der Waals surface area contributed by atoms with Crippen LogP contribution in [-0.4, -0.2) is 16.1 Å². The number of hydrogen-bond acceptors (Lipinski definition) is 2. The summed E-state index contributed by atoms with van der Waals surface area (Å²) < 4.78 is 1.89. The van der Waals surface area contributed by atoms with Crippen molar-refractivity contribution in [1.82, 2.24) is 9.78 Å². The highest BCUT2D eigenvalue weighted by Gasteiger charge is 2.10. The largest absolute Gasteiger partial charge is 0.298 e. The van der Waals surface area contributed by atoms with E-state index in [1.165, 1.54) is 0 Å². The molecule has 3 rings (SSSR count). The number of rotatable bonds is 3. The molecular formula is C17H14N2O. The van der Waals surface area contributed by atoms with Crippen molar-refractivity contribution in [2.45, 2.75) is 6.92 Å². The van der Waals surface area contributed by atoms with Gasteiger partial charge in [0.15, 0.2) is 0 Å². The van der Waals surface area contributed by atoms with E-state index < -0.39 is 0 Å². The second kappa shape index (κ2) is 5.13. The normalized spacial score (nSPS) is 10.4. The predicted octanol–water partition coefficient (Wildman–Crippen LogP) is 3.66. The standard InChI is InChI=1S/C17H14N2O/c1-13-7-8-14(12-20)11-16(13)17-9-10-18-19(17)15-5-3-2-4-6-15/h2-12H,1H3. The van der Waals surface area contributed by atoms with Crippen molar-refractivity contribution in [2.24, 2.45) is 0 Å². The summed E-state index contributed by atoms with van der Waals surface area (Å²) in [6.07, 6.45) is 2.64. The Labute approximate surface area is 117 Å². The number of aryl methyl sites for hydroxylation is 1. The highest BCUT2D eigenvalue weighted by atomic mass is 16.1. The fourth-order valence-electron chi connectivity index (χ4n) is 2.27. The molecule has 20 heavy (non-hydrogen) atoms. The number of benzene rings is 2. The first kappa shape index (κ1) is 12.4. The smallest absolute Gasteiger partial charge is 0.150 e. The molecule has 0 unspecified atom stereocenters. The average Bonchev–Trinajstić information content (AvgIpc) is 2.98. The van der Waals surface area contributed by atoms with E-state index >= 15 is 0 Å². The minimum absolute atomic E-state index is 0.673. The highest BCUT2D eigenvalue weighted by molar-refractivity contribution is 5.79. The summed E-state index contributed by atoms with van der Waals surface area (Å²) in [5.41, 5.74) is 4.80. The molecule has 0 aliphatic heterocycles. The fourth-order valence-corrected chi connectivity index (χ4v) is 2.27. The zero-order valence-electron chi connectivity index (χ0n) is 11.2. The molecule has 0 bridgehead atoms. The van der Waals surface area contributed by atoms with E-state index in [1.807, 2.05) is 66.2 Å². The van der Waals surface area contributed by atoms with Crippen molar-refractivity contribution in [3.8, 4) is 16.9 Å². The second-order valence-electron chi connectivity index (χ2n) is 4.66. The Hall–Kier alpha value is -2.68. The summed E-state index contributed by atoms with van der Waals surface area (Å²) in [5.74, 6) is 0.